The first-order chi connectivity index (χ1) is 17.6. The number of alkyl halides is 3. The quantitative estimate of drug-likeness (QED) is 0.392. The lowest BCUT2D eigenvalue weighted by atomic mass is 10.1. The minimum atomic E-state index is -4.84. The van der Waals surface area contributed by atoms with Crippen molar-refractivity contribution in [2.45, 2.75) is 32.5 Å². The summed E-state index contributed by atoms with van der Waals surface area (Å²) in [5.74, 6) is 0.834. The Hall–Kier alpha value is -3.54. The SMILES string of the molecule is C.COc1ccc(N2CCN(CCC(=O)N3CC[C@H](Nc4ccc([N+](=O)[O-])c(C(F)(F)F)c4)C3)CC2)cc1. The van der Waals surface area contributed by atoms with Gasteiger partial charge in [-0.15, -0.1) is 0 Å². The van der Waals surface area contributed by atoms with Crippen LogP contribution in [0, 0.1) is 10.1 Å². The number of rotatable bonds is 8. The summed E-state index contributed by atoms with van der Waals surface area (Å²) in [6.07, 6.45) is -3.87. The van der Waals surface area contributed by atoms with Gasteiger partial charge in [-0.05, 0) is 42.8 Å². The van der Waals surface area contributed by atoms with E-state index >= 15 is 0 Å². The van der Waals surface area contributed by atoms with Crippen LogP contribution >= 0.6 is 0 Å². The fourth-order valence-corrected chi connectivity index (χ4v) is 4.79. The molecule has 2 fully saturated rings. The van der Waals surface area contributed by atoms with E-state index in [0.717, 1.165) is 49.7 Å². The normalized spacial score (nSPS) is 18.2. The summed E-state index contributed by atoms with van der Waals surface area (Å²) >= 11 is 0. The van der Waals surface area contributed by atoms with Gasteiger partial charge in [-0.25, -0.2) is 0 Å². The minimum absolute atomic E-state index is 0. The first kappa shape index (κ1) is 29.0. The van der Waals surface area contributed by atoms with E-state index in [2.05, 4.69) is 15.1 Å². The number of hydrogen-bond donors (Lipinski definition) is 1. The second-order valence-corrected chi connectivity index (χ2v) is 9.23. The second-order valence-electron chi connectivity index (χ2n) is 9.23. The van der Waals surface area contributed by atoms with Crippen LogP contribution < -0.4 is 15.0 Å². The molecule has 0 spiro atoms. The van der Waals surface area contributed by atoms with E-state index in [0.29, 0.717) is 32.5 Å². The number of nitro groups is 1. The van der Waals surface area contributed by atoms with Gasteiger partial charge in [-0.2, -0.15) is 13.2 Å². The number of likely N-dealkylation sites (tertiary alicyclic amines) is 1. The number of ether oxygens (including phenoxy) is 1. The molecule has 12 heteroatoms. The topological polar surface area (TPSA) is 91.2 Å². The molecule has 208 valence electrons. The Kier molecular flexibility index (Phi) is 9.42. The third-order valence-electron chi connectivity index (χ3n) is 6.86. The van der Waals surface area contributed by atoms with Crippen molar-refractivity contribution in [2.24, 2.45) is 0 Å². The van der Waals surface area contributed by atoms with E-state index in [1.165, 1.54) is 6.07 Å². The van der Waals surface area contributed by atoms with Crippen molar-refractivity contribution < 1.29 is 27.6 Å². The summed E-state index contributed by atoms with van der Waals surface area (Å²) < 4.78 is 44.9. The predicted octanol–water partition coefficient (Wildman–Crippen LogP) is 4.48. The van der Waals surface area contributed by atoms with Gasteiger partial charge in [-0.1, -0.05) is 7.43 Å². The number of halogens is 3. The lowest BCUT2D eigenvalue weighted by molar-refractivity contribution is -0.388. The number of nitrogens with zero attached hydrogens (tertiary/aromatic N) is 4. The number of carbonyl (C=O) groups excluding carboxylic acids is 1. The summed E-state index contributed by atoms with van der Waals surface area (Å²) in [4.78, 5) is 29.0. The third-order valence-corrected chi connectivity index (χ3v) is 6.86. The van der Waals surface area contributed by atoms with E-state index < -0.39 is 22.4 Å². The fraction of sp³-hybridized carbons (Fsp3) is 0.500. The summed E-state index contributed by atoms with van der Waals surface area (Å²) in [5.41, 5.74) is -0.985. The van der Waals surface area contributed by atoms with Crippen molar-refractivity contribution in [3.8, 4) is 5.75 Å². The predicted molar refractivity (Wildman–Crippen MR) is 140 cm³/mol. The highest BCUT2D eigenvalue weighted by atomic mass is 19.4. The molecule has 1 atom stereocenters. The molecule has 2 saturated heterocycles. The standard InChI is InChI=1S/C25H30F3N5O4.CH4/c1-37-21-5-3-20(4-6-21)31-14-12-30(13-15-31)10-9-24(34)32-11-8-19(17-32)29-18-2-7-23(33(35)36)22(16-18)25(26,27)28;/h2-7,16,19,29H,8-15,17H2,1H3;1H4/t19-;/m0./s1. The van der Waals surface area contributed by atoms with Crippen molar-refractivity contribution >= 4 is 23.0 Å². The molecule has 1 amide bonds. The second kappa shape index (κ2) is 12.3. The van der Waals surface area contributed by atoms with Crippen LogP contribution in [0.4, 0.5) is 30.2 Å². The highest BCUT2D eigenvalue weighted by molar-refractivity contribution is 5.77. The molecule has 2 aromatic carbocycles. The maximum absolute atomic E-state index is 13.2. The molecule has 0 aromatic heterocycles. The van der Waals surface area contributed by atoms with E-state index in [1.807, 2.05) is 24.3 Å². The van der Waals surface area contributed by atoms with Gasteiger partial charge in [0.05, 0.1) is 12.0 Å². The number of methoxy groups -OCH3 is 1. The van der Waals surface area contributed by atoms with E-state index in [-0.39, 0.29) is 25.1 Å². The molecule has 2 aromatic rings. The first-order valence-electron chi connectivity index (χ1n) is 12.2. The van der Waals surface area contributed by atoms with E-state index in [1.54, 1.807) is 12.0 Å². The van der Waals surface area contributed by atoms with Gasteiger partial charge < -0.3 is 19.9 Å². The lowest BCUT2D eigenvalue weighted by Gasteiger charge is -2.36. The number of carbonyl (C=O) groups is 1. The summed E-state index contributed by atoms with van der Waals surface area (Å²) in [6.45, 7) is 4.98. The van der Waals surface area contributed by atoms with Crippen LogP contribution in [-0.4, -0.2) is 79.6 Å². The third kappa shape index (κ3) is 7.06. The van der Waals surface area contributed by atoms with E-state index in [9.17, 15) is 28.1 Å². The van der Waals surface area contributed by atoms with Crippen LogP contribution in [0.15, 0.2) is 42.5 Å². The Bertz CT molecular complexity index is 1110. The highest BCUT2D eigenvalue weighted by Crippen LogP contribution is 2.37. The average Bonchev–Trinajstić information content (AvgIpc) is 3.35. The van der Waals surface area contributed by atoms with Gasteiger partial charge in [0.25, 0.3) is 5.69 Å². The smallest absolute Gasteiger partial charge is 0.423 e. The van der Waals surface area contributed by atoms with Gasteiger partial charge in [0.1, 0.15) is 11.3 Å². The molecule has 0 aliphatic carbocycles. The summed E-state index contributed by atoms with van der Waals surface area (Å²) in [7, 11) is 1.64. The zero-order chi connectivity index (χ0) is 26.6. The minimum Gasteiger partial charge on any atom is -0.497 e. The number of anilines is 2. The molecule has 0 bridgehead atoms. The number of nitrogens with one attached hydrogen (secondary N) is 1. The molecule has 2 aliphatic rings. The molecule has 4 rings (SSSR count). The number of benzene rings is 2. The average molecular weight is 538 g/mol. The molecule has 38 heavy (non-hydrogen) atoms. The largest absolute Gasteiger partial charge is 0.497 e. The number of hydrogen-bond acceptors (Lipinski definition) is 7. The zero-order valence-electron chi connectivity index (χ0n) is 20.5. The Labute approximate surface area is 220 Å². The lowest BCUT2D eigenvalue weighted by Crippen LogP contribution is -2.47. The first-order valence-corrected chi connectivity index (χ1v) is 12.2. The van der Waals surface area contributed by atoms with Crippen LogP contribution in [0.2, 0.25) is 0 Å². The number of amides is 1. The van der Waals surface area contributed by atoms with Gasteiger partial charge in [0.2, 0.25) is 5.91 Å². The monoisotopic (exact) mass is 537 g/mol. The van der Waals surface area contributed by atoms with Gasteiger partial charge in [0, 0.05) is 75.7 Å². The van der Waals surface area contributed by atoms with Crippen LogP contribution in [0.25, 0.3) is 0 Å². The van der Waals surface area contributed by atoms with Crippen molar-refractivity contribution in [1.29, 1.82) is 0 Å². The molecule has 2 aliphatic heterocycles. The summed E-state index contributed by atoms with van der Waals surface area (Å²) in [6, 6.07) is 10.6. The molecule has 0 saturated carbocycles. The van der Waals surface area contributed by atoms with Crippen LogP contribution in [-0.2, 0) is 11.0 Å². The van der Waals surface area contributed by atoms with Crippen molar-refractivity contribution in [2.75, 3.05) is 63.1 Å². The van der Waals surface area contributed by atoms with E-state index in [4.69, 9.17) is 4.74 Å². The van der Waals surface area contributed by atoms with Gasteiger partial charge in [0.15, 0.2) is 0 Å². The molecule has 1 N–H and O–H groups in total. The maximum atomic E-state index is 13.2. The van der Waals surface area contributed by atoms with Gasteiger partial charge in [-0.3, -0.25) is 19.8 Å². The maximum Gasteiger partial charge on any atom is 0.423 e. The highest BCUT2D eigenvalue weighted by Gasteiger charge is 2.38. The molecular formula is C26H34F3N5O4. The Morgan fingerprint density at radius 2 is 1.79 bits per heavy atom. The van der Waals surface area contributed by atoms with Crippen molar-refractivity contribution in [3.05, 3.63) is 58.1 Å². The molecular weight excluding hydrogens is 503 g/mol. The van der Waals surface area contributed by atoms with Crippen LogP contribution in [0.5, 0.6) is 5.75 Å². The number of nitro benzene ring substituents is 1. The van der Waals surface area contributed by atoms with Gasteiger partial charge >= 0.3 is 6.18 Å². The fourth-order valence-electron chi connectivity index (χ4n) is 4.79. The zero-order valence-corrected chi connectivity index (χ0v) is 20.5. The van der Waals surface area contributed by atoms with Crippen LogP contribution in [0.3, 0.4) is 0 Å². The molecule has 0 unspecified atom stereocenters. The molecule has 0 radical (unpaired) electrons. The summed E-state index contributed by atoms with van der Waals surface area (Å²) in [5, 5.41) is 13.9. The Morgan fingerprint density at radius 3 is 2.39 bits per heavy atom. The Balaban J connectivity index is 0.00000400. The van der Waals surface area contributed by atoms with Crippen molar-refractivity contribution in [1.82, 2.24) is 9.80 Å². The molecule has 9 nitrogen and oxygen atoms in total. The number of piperazine rings is 1. The Morgan fingerprint density at radius 1 is 1.11 bits per heavy atom. The van der Waals surface area contributed by atoms with Crippen molar-refractivity contribution in [3.63, 3.8) is 0 Å². The molecule has 2 heterocycles. The van der Waals surface area contributed by atoms with Crippen LogP contribution in [0.1, 0.15) is 25.8 Å².